The molecule has 0 heterocycles. The predicted molar refractivity (Wildman–Crippen MR) is 95.8 cm³/mol. The maximum Gasteiger partial charge on any atom is 0.513 e. The third-order valence-electron chi connectivity index (χ3n) is 3.60. The molecule has 8 heteroatoms. The summed E-state index contributed by atoms with van der Waals surface area (Å²) in [5.41, 5.74) is -0.0744. The van der Waals surface area contributed by atoms with E-state index in [1.807, 2.05) is 26.8 Å². The van der Waals surface area contributed by atoms with Crippen LogP contribution in [0, 0.1) is 16.0 Å². The molecule has 0 radical (unpaired) electrons. The highest BCUT2D eigenvalue weighted by Gasteiger charge is 2.31. The molecule has 0 saturated carbocycles. The summed E-state index contributed by atoms with van der Waals surface area (Å²) < 4.78 is 24.4. The Bertz CT molecular complexity index is 749. The van der Waals surface area contributed by atoms with Crippen molar-refractivity contribution in [2.45, 2.75) is 26.8 Å². The molecule has 25 heavy (non-hydrogen) atoms. The molecular weight excluding hydrogens is 343 g/mol. The van der Waals surface area contributed by atoms with Gasteiger partial charge in [-0.2, -0.15) is 5.09 Å². The van der Waals surface area contributed by atoms with E-state index >= 15 is 0 Å². The van der Waals surface area contributed by atoms with Crippen LogP contribution in [-0.4, -0.2) is 11.0 Å². The summed E-state index contributed by atoms with van der Waals surface area (Å²) >= 11 is 0. The van der Waals surface area contributed by atoms with Gasteiger partial charge in [0.15, 0.2) is 0 Å². The van der Waals surface area contributed by atoms with Crippen molar-refractivity contribution < 1.29 is 18.5 Å². The minimum absolute atomic E-state index is 0.0744. The monoisotopic (exact) mass is 364 g/mol. The van der Waals surface area contributed by atoms with E-state index in [9.17, 15) is 14.7 Å². The van der Waals surface area contributed by atoms with Crippen molar-refractivity contribution in [3.63, 3.8) is 0 Å². The highest BCUT2D eigenvalue weighted by molar-refractivity contribution is 7.52. The lowest BCUT2D eigenvalue weighted by Gasteiger charge is -2.25. The van der Waals surface area contributed by atoms with Crippen LogP contribution in [0.2, 0.25) is 0 Å². The minimum Gasteiger partial charge on any atom is -0.405 e. The average molecular weight is 364 g/mol. The van der Waals surface area contributed by atoms with Crippen LogP contribution in [0.4, 0.5) is 5.69 Å². The molecule has 0 aliphatic heterocycles. The summed E-state index contributed by atoms with van der Waals surface area (Å²) in [6.45, 7) is 5.84. The number of benzene rings is 2. The van der Waals surface area contributed by atoms with Crippen molar-refractivity contribution in [1.29, 1.82) is 0 Å². The van der Waals surface area contributed by atoms with Crippen LogP contribution in [0.3, 0.4) is 0 Å². The molecule has 0 saturated heterocycles. The van der Waals surface area contributed by atoms with Crippen LogP contribution in [0.15, 0.2) is 54.6 Å². The molecule has 134 valence electrons. The number of nitrogens with zero attached hydrogens (tertiary/aromatic N) is 1. The Balaban J connectivity index is 2.24. The van der Waals surface area contributed by atoms with E-state index in [0.29, 0.717) is 5.75 Å². The van der Waals surface area contributed by atoms with Gasteiger partial charge >= 0.3 is 7.75 Å². The zero-order valence-corrected chi connectivity index (χ0v) is 15.2. The second kappa shape index (κ2) is 8.14. The normalized spacial score (nSPS) is 14.6. The molecule has 0 amide bonds. The third kappa shape index (κ3) is 5.59. The van der Waals surface area contributed by atoms with E-state index in [0.717, 1.165) is 0 Å². The largest absolute Gasteiger partial charge is 0.513 e. The van der Waals surface area contributed by atoms with Crippen molar-refractivity contribution in [3.05, 3.63) is 64.7 Å². The van der Waals surface area contributed by atoms with E-state index in [1.54, 1.807) is 24.3 Å². The van der Waals surface area contributed by atoms with Crippen LogP contribution in [0.5, 0.6) is 11.5 Å². The molecule has 2 aromatic rings. The fourth-order valence-electron chi connectivity index (χ4n) is 1.86. The first kappa shape index (κ1) is 19.0. The second-order valence-corrected chi connectivity index (χ2v) is 7.52. The fraction of sp³-hybridized carbons (Fsp3) is 0.294. The average Bonchev–Trinajstić information content (AvgIpc) is 2.55. The predicted octanol–water partition coefficient (Wildman–Crippen LogP) is 4.79. The topological polar surface area (TPSA) is 90.7 Å². The highest BCUT2D eigenvalue weighted by Crippen LogP contribution is 2.45. The van der Waals surface area contributed by atoms with Gasteiger partial charge in [-0.05, 0) is 37.1 Å². The Hall–Kier alpha value is -2.37. The molecule has 7 nitrogen and oxygen atoms in total. The van der Waals surface area contributed by atoms with Gasteiger partial charge in [0.2, 0.25) is 0 Å². The van der Waals surface area contributed by atoms with Gasteiger partial charge in [0.05, 0.1) is 4.92 Å². The van der Waals surface area contributed by atoms with Crippen LogP contribution >= 0.6 is 7.75 Å². The Morgan fingerprint density at radius 2 is 1.48 bits per heavy atom. The number of rotatable bonds is 8. The number of nitro benzene ring substituents is 1. The lowest BCUT2D eigenvalue weighted by molar-refractivity contribution is -0.384. The van der Waals surface area contributed by atoms with Gasteiger partial charge in [0.1, 0.15) is 11.5 Å². The van der Waals surface area contributed by atoms with Crippen LogP contribution in [0.1, 0.15) is 20.8 Å². The molecule has 2 aromatic carbocycles. The van der Waals surface area contributed by atoms with E-state index in [2.05, 4.69) is 5.09 Å². The van der Waals surface area contributed by atoms with E-state index in [-0.39, 0.29) is 23.4 Å². The second-order valence-electron chi connectivity index (χ2n) is 5.91. The maximum atomic E-state index is 13.2. The van der Waals surface area contributed by atoms with Gasteiger partial charge in [-0.25, -0.2) is 4.57 Å². The maximum absolute atomic E-state index is 13.2. The van der Waals surface area contributed by atoms with Crippen molar-refractivity contribution in [2.24, 2.45) is 5.92 Å². The number of nitro groups is 1. The first-order valence-corrected chi connectivity index (χ1v) is 9.40. The Kier molecular flexibility index (Phi) is 6.17. The van der Waals surface area contributed by atoms with Crippen LogP contribution in [0.25, 0.3) is 0 Å². The molecule has 2 atom stereocenters. The van der Waals surface area contributed by atoms with E-state index in [1.165, 1.54) is 24.3 Å². The highest BCUT2D eigenvalue weighted by atomic mass is 31.2. The molecule has 0 fully saturated rings. The van der Waals surface area contributed by atoms with Gasteiger partial charge in [0, 0.05) is 18.2 Å². The van der Waals surface area contributed by atoms with E-state index < -0.39 is 12.7 Å². The summed E-state index contributed by atoms with van der Waals surface area (Å²) in [7, 11) is -3.73. The van der Waals surface area contributed by atoms with E-state index in [4.69, 9.17) is 9.05 Å². The van der Waals surface area contributed by atoms with Crippen molar-refractivity contribution in [3.8, 4) is 11.5 Å². The molecular formula is C17H21N2O5P. The number of hydrogen-bond donors (Lipinski definition) is 1. The van der Waals surface area contributed by atoms with Crippen molar-refractivity contribution >= 4 is 13.4 Å². The number of para-hydroxylation sites is 1. The SMILES string of the molecule is CC(C)[C@H](C)N[P@](=O)(Oc1ccccc1)Oc1ccc([N+](=O)[O-])cc1. The summed E-state index contributed by atoms with van der Waals surface area (Å²) in [6, 6.07) is 13.9. The van der Waals surface area contributed by atoms with Crippen molar-refractivity contribution in [1.82, 2.24) is 5.09 Å². The van der Waals surface area contributed by atoms with Crippen LogP contribution < -0.4 is 14.1 Å². The van der Waals surface area contributed by atoms with Gasteiger partial charge in [-0.3, -0.25) is 10.1 Å². The Morgan fingerprint density at radius 1 is 0.960 bits per heavy atom. The summed E-state index contributed by atoms with van der Waals surface area (Å²) in [6.07, 6.45) is 0. The third-order valence-corrected chi connectivity index (χ3v) is 5.23. The smallest absolute Gasteiger partial charge is 0.405 e. The number of hydrogen-bond acceptors (Lipinski definition) is 5. The zero-order valence-electron chi connectivity index (χ0n) is 14.3. The summed E-state index contributed by atoms with van der Waals surface area (Å²) in [5, 5.41) is 13.6. The Morgan fingerprint density at radius 3 is 1.96 bits per heavy atom. The number of non-ortho nitro benzene ring substituents is 1. The lowest BCUT2D eigenvalue weighted by atomic mass is 10.1. The van der Waals surface area contributed by atoms with Gasteiger partial charge in [-0.15, -0.1) is 0 Å². The molecule has 1 N–H and O–H groups in total. The Labute approximate surface area is 146 Å². The number of nitrogens with one attached hydrogen (secondary N) is 1. The molecule has 2 rings (SSSR count). The molecule has 0 aromatic heterocycles. The first-order valence-electron chi connectivity index (χ1n) is 7.85. The van der Waals surface area contributed by atoms with Crippen LogP contribution in [-0.2, 0) is 4.57 Å². The minimum atomic E-state index is -3.73. The molecule has 0 unspecified atom stereocenters. The zero-order chi connectivity index (χ0) is 18.4. The summed E-state index contributed by atoms with van der Waals surface area (Å²) in [4.78, 5) is 10.2. The lowest BCUT2D eigenvalue weighted by Crippen LogP contribution is -2.31. The molecule has 0 bridgehead atoms. The quantitative estimate of drug-likeness (QED) is 0.411. The fourth-order valence-corrected chi connectivity index (χ4v) is 3.60. The molecule has 0 spiro atoms. The van der Waals surface area contributed by atoms with Gasteiger partial charge < -0.3 is 9.05 Å². The molecule has 0 aliphatic rings. The first-order chi connectivity index (χ1) is 11.8. The van der Waals surface area contributed by atoms with Crippen molar-refractivity contribution in [2.75, 3.05) is 0 Å². The molecule has 0 aliphatic carbocycles. The van der Waals surface area contributed by atoms with Gasteiger partial charge in [0.25, 0.3) is 5.69 Å². The standard InChI is InChI=1S/C17H21N2O5P/c1-13(2)14(3)18-25(22,23-16-7-5-4-6-8-16)24-17-11-9-15(10-12-17)19(20)21/h4-14H,1-3H3,(H,18,22)/t14-,25-/m0/s1. The summed E-state index contributed by atoms with van der Waals surface area (Å²) in [5.74, 6) is 0.817. The van der Waals surface area contributed by atoms with Gasteiger partial charge in [-0.1, -0.05) is 32.0 Å².